The number of nitrogens with one attached hydrogen (secondary N) is 1. The Labute approximate surface area is 206 Å². The van der Waals surface area contributed by atoms with Crippen LogP contribution >= 0.6 is 0 Å². The number of nitrogens with zero attached hydrogens (tertiary/aromatic N) is 2. The molecule has 0 aliphatic rings. The number of hydrogen-bond acceptors (Lipinski definition) is 7. The fourth-order valence-corrected chi connectivity index (χ4v) is 3.76. The van der Waals surface area contributed by atoms with Gasteiger partial charge in [0.15, 0.2) is 11.5 Å². The van der Waals surface area contributed by atoms with E-state index in [0.29, 0.717) is 6.07 Å². The minimum absolute atomic E-state index is 0.0355. The van der Waals surface area contributed by atoms with Crippen LogP contribution in [-0.2, 0) is 12.7 Å². The molecule has 194 valence electrons. The molecule has 13 heteroatoms. The van der Waals surface area contributed by atoms with Crippen molar-refractivity contribution >= 4 is 16.8 Å². The van der Waals surface area contributed by atoms with Crippen LogP contribution in [0.4, 0.5) is 22.0 Å². The molecule has 5 N–H and O–H groups in total. The van der Waals surface area contributed by atoms with Gasteiger partial charge in [0, 0.05) is 29.1 Å². The van der Waals surface area contributed by atoms with Gasteiger partial charge in [-0.3, -0.25) is 4.79 Å². The van der Waals surface area contributed by atoms with E-state index in [9.17, 15) is 26.7 Å². The molecule has 0 saturated heterocycles. The van der Waals surface area contributed by atoms with Crippen molar-refractivity contribution in [2.45, 2.75) is 18.8 Å². The van der Waals surface area contributed by atoms with Gasteiger partial charge in [0.25, 0.3) is 5.91 Å². The molecule has 2 aromatic heterocycles. The lowest BCUT2D eigenvalue weighted by molar-refractivity contribution is -0.140. The summed E-state index contributed by atoms with van der Waals surface area (Å²) in [5.41, 5.74) is 10.2. The van der Waals surface area contributed by atoms with Crippen molar-refractivity contribution in [3.05, 3.63) is 76.8 Å². The Morgan fingerprint density at radius 1 is 1.11 bits per heavy atom. The predicted octanol–water partition coefficient (Wildman–Crippen LogP) is 4.08. The van der Waals surface area contributed by atoms with Gasteiger partial charge >= 0.3 is 6.18 Å². The van der Waals surface area contributed by atoms with E-state index in [4.69, 9.17) is 20.6 Å². The number of oxazole rings is 1. The number of rotatable bonds is 7. The molecule has 0 aliphatic heterocycles. The minimum atomic E-state index is -4.68. The number of amides is 1. The second-order valence-electron chi connectivity index (χ2n) is 7.83. The topological polar surface area (TPSA) is 129 Å². The Morgan fingerprint density at radius 2 is 1.86 bits per heavy atom. The lowest BCUT2D eigenvalue weighted by Crippen LogP contribution is -2.34. The zero-order valence-corrected chi connectivity index (χ0v) is 19.2. The van der Waals surface area contributed by atoms with Crippen LogP contribution in [0.15, 0.2) is 46.9 Å². The molecule has 2 aromatic carbocycles. The fourth-order valence-electron chi connectivity index (χ4n) is 3.76. The summed E-state index contributed by atoms with van der Waals surface area (Å²) in [5.74, 6) is -2.56. The number of halogens is 5. The number of carbonyl (C=O) groups is 1. The summed E-state index contributed by atoms with van der Waals surface area (Å²) < 4.78 is 78.0. The number of alkyl halides is 3. The van der Waals surface area contributed by atoms with Crippen LogP contribution in [0.5, 0.6) is 5.75 Å². The quantitative estimate of drug-likeness (QED) is 0.313. The van der Waals surface area contributed by atoms with Crippen LogP contribution in [0.25, 0.3) is 22.4 Å². The van der Waals surface area contributed by atoms with Crippen LogP contribution in [-0.4, -0.2) is 29.5 Å². The third kappa shape index (κ3) is 5.08. The first-order valence-corrected chi connectivity index (χ1v) is 10.8. The van der Waals surface area contributed by atoms with E-state index in [-0.39, 0.29) is 58.2 Å². The summed E-state index contributed by atoms with van der Waals surface area (Å²) in [6, 6.07) is 6.69. The average Bonchev–Trinajstić information content (AvgIpc) is 3.30. The van der Waals surface area contributed by atoms with Crippen LogP contribution in [0.3, 0.4) is 0 Å². The third-order valence-corrected chi connectivity index (χ3v) is 5.54. The van der Waals surface area contributed by atoms with Gasteiger partial charge in [0.1, 0.15) is 28.6 Å². The van der Waals surface area contributed by atoms with Gasteiger partial charge in [-0.15, -0.1) is 0 Å². The highest BCUT2D eigenvalue weighted by Gasteiger charge is 2.33. The number of benzene rings is 2. The summed E-state index contributed by atoms with van der Waals surface area (Å²) in [4.78, 5) is 20.9. The number of hydrogen-bond donors (Lipinski definition) is 3. The fraction of sp³-hybridized carbons (Fsp3) is 0.208. The molecule has 0 fully saturated rings. The maximum atomic E-state index is 14.2. The van der Waals surface area contributed by atoms with Gasteiger partial charge in [-0.2, -0.15) is 13.2 Å². The van der Waals surface area contributed by atoms with E-state index in [2.05, 4.69) is 15.3 Å². The van der Waals surface area contributed by atoms with Crippen LogP contribution in [0, 0.1) is 11.6 Å². The minimum Gasteiger partial charge on any atom is -0.494 e. The summed E-state index contributed by atoms with van der Waals surface area (Å²) in [7, 11) is 1.29. The van der Waals surface area contributed by atoms with Crippen LogP contribution in [0.1, 0.15) is 33.5 Å². The molecule has 37 heavy (non-hydrogen) atoms. The number of methoxy groups -OCH3 is 1. The van der Waals surface area contributed by atoms with Crippen molar-refractivity contribution in [3.8, 4) is 17.2 Å². The van der Waals surface area contributed by atoms with Gasteiger partial charge in [-0.05, 0) is 30.3 Å². The van der Waals surface area contributed by atoms with Gasteiger partial charge in [0.05, 0.1) is 19.7 Å². The third-order valence-electron chi connectivity index (χ3n) is 5.54. The van der Waals surface area contributed by atoms with E-state index in [0.717, 1.165) is 18.2 Å². The first-order valence-electron chi connectivity index (χ1n) is 10.8. The second-order valence-corrected chi connectivity index (χ2v) is 7.83. The van der Waals surface area contributed by atoms with E-state index in [1.54, 1.807) is 0 Å². The van der Waals surface area contributed by atoms with Crippen molar-refractivity contribution in [2.24, 2.45) is 11.5 Å². The molecular formula is C24H20F5N5O3. The molecule has 8 nitrogen and oxygen atoms in total. The monoisotopic (exact) mass is 521 g/mol. The molecule has 1 unspecified atom stereocenters. The van der Waals surface area contributed by atoms with Gasteiger partial charge < -0.3 is 25.9 Å². The number of carbonyl (C=O) groups excluding carboxylic acids is 1. The Hall–Kier alpha value is -4.10. The number of ether oxygens (including phenoxy) is 1. The summed E-state index contributed by atoms with van der Waals surface area (Å²) in [6.45, 7) is -0.466. The van der Waals surface area contributed by atoms with E-state index < -0.39 is 35.5 Å². The van der Waals surface area contributed by atoms with Crippen molar-refractivity contribution < 1.29 is 35.9 Å². The van der Waals surface area contributed by atoms with Gasteiger partial charge in [-0.1, -0.05) is 6.07 Å². The smallest absolute Gasteiger partial charge is 0.433 e. The summed E-state index contributed by atoms with van der Waals surface area (Å²) in [6.07, 6.45) is -4.68. The van der Waals surface area contributed by atoms with Gasteiger partial charge in [-0.25, -0.2) is 18.7 Å². The number of fused-ring (bicyclic) bond motifs is 1. The Morgan fingerprint density at radius 3 is 2.49 bits per heavy atom. The summed E-state index contributed by atoms with van der Waals surface area (Å²) >= 11 is 0. The number of nitrogens with two attached hydrogens (primary N) is 2. The summed E-state index contributed by atoms with van der Waals surface area (Å²) in [5, 5.41) is 2.74. The highest BCUT2D eigenvalue weighted by Crippen LogP contribution is 2.37. The first-order chi connectivity index (χ1) is 17.6. The lowest BCUT2D eigenvalue weighted by Gasteiger charge is -2.17. The molecule has 0 saturated carbocycles. The van der Waals surface area contributed by atoms with Crippen LogP contribution < -0.4 is 21.5 Å². The molecule has 2 heterocycles. The zero-order chi connectivity index (χ0) is 26.9. The highest BCUT2D eigenvalue weighted by molar-refractivity contribution is 5.98. The lowest BCUT2D eigenvalue weighted by atomic mass is 10.1. The molecule has 4 aromatic rings. The van der Waals surface area contributed by atoms with Crippen molar-refractivity contribution in [1.82, 2.24) is 15.3 Å². The number of pyridine rings is 1. The molecule has 1 atom stereocenters. The standard InChI is InChI=1S/C24H20F5N5O3/c1-36-17-6-4-13(12-5-7-19(24(27,28)29)33-20(12)17)23-34-21(18(10-31)37-23)22(35)32-16(9-30)14-3-2-11(25)8-15(14)26/h2-8,16H,9-10,30-31H2,1H3,(H,32,35). The van der Waals surface area contributed by atoms with Gasteiger partial charge in [0.2, 0.25) is 5.89 Å². The zero-order valence-electron chi connectivity index (χ0n) is 19.2. The maximum absolute atomic E-state index is 14.2. The molecule has 0 radical (unpaired) electrons. The molecule has 0 spiro atoms. The molecule has 0 bridgehead atoms. The molecular weight excluding hydrogens is 501 g/mol. The van der Waals surface area contributed by atoms with Crippen LogP contribution in [0.2, 0.25) is 0 Å². The predicted molar refractivity (Wildman–Crippen MR) is 122 cm³/mol. The average molecular weight is 521 g/mol. The Bertz CT molecular complexity index is 1470. The highest BCUT2D eigenvalue weighted by atomic mass is 19.4. The normalized spacial score (nSPS) is 12.5. The SMILES string of the molecule is COc1ccc(-c2nc(C(=O)NC(CN)c3ccc(F)cc3F)c(CN)o2)c2ccc(C(F)(F)F)nc12. The molecule has 1 amide bonds. The van der Waals surface area contributed by atoms with E-state index in [1.165, 1.54) is 25.3 Å². The first kappa shape index (κ1) is 26.0. The second kappa shape index (κ2) is 10.1. The maximum Gasteiger partial charge on any atom is 0.433 e. The molecule has 0 aliphatic carbocycles. The Balaban J connectivity index is 1.74. The molecule has 4 rings (SSSR count). The van der Waals surface area contributed by atoms with Crippen molar-refractivity contribution in [1.29, 1.82) is 0 Å². The van der Waals surface area contributed by atoms with Crippen molar-refractivity contribution in [3.63, 3.8) is 0 Å². The number of aromatic nitrogens is 2. The largest absolute Gasteiger partial charge is 0.494 e. The van der Waals surface area contributed by atoms with E-state index in [1.807, 2.05) is 0 Å². The van der Waals surface area contributed by atoms with E-state index >= 15 is 0 Å². The Kier molecular flexibility index (Phi) is 7.09. The van der Waals surface area contributed by atoms with Crippen molar-refractivity contribution in [2.75, 3.05) is 13.7 Å².